The van der Waals surface area contributed by atoms with Crippen LogP contribution in [0, 0.1) is 5.41 Å². The van der Waals surface area contributed by atoms with Crippen molar-refractivity contribution in [2.24, 2.45) is 10.4 Å². The van der Waals surface area contributed by atoms with E-state index in [0.717, 1.165) is 57.2 Å². The quantitative estimate of drug-likeness (QED) is 0.217. The van der Waals surface area contributed by atoms with Crippen LogP contribution in [0.2, 0.25) is 0 Å². The van der Waals surface area contributed by atoms with Gasteiger partial charge in [-0.3, -0.25) is 4.99 Å². The first-order chi connectivity index (χ1) is 13.8. The molecule has 6 nitrogen and oxygen atoms in total. The molecule has 1 aliphatic rings. The highest BCUT2D eigenvalue weighted by molar-refractivity contribution is 14.0. The van der Waals surface area contributed by atoms with Crippen molar-refractivity contribution >= 4 is 41.0 Å². The van der Waals surface area contributed by atoms with Gasteiger partial charge in [-0.05, 0) is 50.2 Å². The number of aryl methyl sites for hydroxylation is 1. The summed E-state index contributed by atoms with van der Waals surface area (Å²) in [6.45, 7) is 6.55. The third kappa shape index (κ3) is 6.84. The van der Waals surface area contributed by atoms with Crippen LogP contribution in [0.5, 0.6) is 0 Å². The van der Waals surface area contributed by atoms with E-state index in [1.54, 1.807) is 0 Å². The summed E-state index contributed by atoms with van der Waals surface area (Å²) in [6.07, 6.45) is 9.34. The van der Waals surface area contributed by atoms with Crippen LogP contribution in [-0.4, -0.2) is 48.9 Å². The Morgan fingerprint density at radius 2 is 2.03 bits per heavy atom. The highest BCUT2D eigenvalue weighted by Crippen LogP contribution is 2.40. The van der Waals surface area contributed by atoms with Gasteiger partial charge in [-0.25, -0.2) is 4.98 Å². The van der Waals surface area contributed by atoms with E-state index in [2.05, 4.69) is 50.3 Å². The molecule has 7 heteroatoms. The summed E-state index contributed by atoms with van der Waals surface area (Å²) < 4.78 is 7.83. The number of ether oxygens (including phenoxy) is 1. The van der Waals surface area contributed by atoms with Crippen LogP contribution in [0.3, 0.4) is 0 Å². The van der Waals surface area contributed by atoms with Gasteiger partial charge in [0.05, 0.1) is 17.4 Å². The summed E-state index contributed by atoms with van der Waals surface area (Å²) in [7, 11) is 1.85. The number of aliphatic imine (C=N–C) groups is 1. The lowest BCUT2D eigenvalue weighted by Crippen LogP contribution is -2.43. The highest BCUT2D eigenvalue weighted by Gasteiger charge is 2.33. The van der Waals surface area contributed by atoms with Gasteiger partial charge < -0.3 is 19.9 Å². The average Bonchev–Trinajstić information content (AvgIpc) is 3.35. The molecule has 0 aliphatic heterocycles. The second kappa shape index (κ2) is 12.4. The Morgan fingerprint density at radius 1 is 1.24 bits per heavy atom. The maximum absolute atomic E-state index is 5.62. The van der Waals surface area contributed by atoms with E-state index in [-0.39, 0.29) is 24.0 Å². The Bertz CT molecular complexity index is 754. The molecule has 0 bridgehead atoms. The van der Waals surface area contributed by atoms with Crippen LogP contribution in [0.15, 0.2) is 35.6 Å². The SMILES string of the molecule is CCOCCC1(CNC(=NC)NCCCn2cnc3ccccc32)CCCC1.I. The number of nitrogens with one attached hydrogen (secondary N) is 2. The molecule has 1 aromatic carbocycles. The molecule has 0 amide bonds. The molecular weight excluding hydrogens is 477 g/mol. The van der Waals surface area contributed by atoms with E-state index in [1.165, 1.54) is 31.2 Å². The van der Waals surface area contributed by atoms with Crippen LogP contribution in [0.1, 0.15) is 45.4 Å². The first-order valence-corrected chi connectivity index (χ1v) is 10.7. The predicted octanol–water partition coefficient (Wildman–Crippen LogP) is 4.20. The fraction of sp³-hybridized carbons (Fsp3) is 0.636. The second-order valence-electron chi connectivity index (χ2n) is 7.79. The van der Waals surface area contributed by atoms with Crippen molar-refractivity contribution in [2.75, 3.05) is 33.4 Å². The van der Waals surface area contributed by atoms with E-state index in [0.29, 0.717) is 5.41 Å². The molecule has 0 radical (unpaired) electrons. The number of imidazole rings is 1. The van der Waals surface area contributed by atoms with Crippen molar-refractivity contribution in [3.05, 3.63) is 30.6 Å². The fourth-order valence-corrected chi connectivity index (χ4v) is 4.21. The predicted molar refractivity (Wildman–Crippen MR) is 131 cm³/mol. The molecule has 1 aliphatic carbocycles. The molecule has 29 heavy (non-hydrogen) atoms. The number of hydrogen-bond acceptors (Lipinski definition) is 3. The smallest absolute Gasteiger partial charge is 0.190 e. The molecule has 0 atom stereocenters. The zero-order valence-corrected chi connectivity index (χ0v) is 20.2. The summed E-state index contributed by atoms with van der Waals surface area (Å²) in [5.74, 6) is 0.901. The molecule has 162 valence electrons. The topological polar surface area (TPSA) is 63.5 Å². The van der Waals surface area contributed by atoms with Gasteiger partial charge in [-0.1, -0.05) is 25.0 Å². The molecule has 0 saturated heterocycles. The number of benzene rings is 1. The van der Waals surface area contributed by atoms with E-state index >= 15 is 0 Å². The normalized spacial score (nSPS) is 16.0. The summed E-state index contributed by atoms with van der Waals surface area (Å²) in [6, 6.07) is 8.27. The standard InChI is InChI=1S/C22H35N5O.HI/c1-3-28-16-13-22(11-6-7-12-22)17-25-21(23-2)24-14-8-15-27-18-26-19-9-4-5-10-20(19)27;/h4-5,9-10,18H,3,6-8,11-17H2,1-2H3,(H2,23,24,25);1H. The van der Waals surface area contributed by atoms with Crippen molar-refractivity contribution in [1.82, 2.24) is 20.2 Å². The Morgan fingerprint density at radius 3 is 2.79 bits per heavy atom. The molecule has 1 heterocycles. The zero-order valence-electron chi connectivity index (χ0n) is 17.8. The van der Waals surface area contributed by atoms with Crippen LogP contribution < -0.4 is 10.6 Å². The van der Waals surface area contributed by atoms with Gasteiger partial charge >= 0.3 is 0 Å². The second-order valence-corrected chi connectivity index (χ2v) is 7.79. The van der Waals surface area contributed by atoms with E-state index in [9.17, 15) is 0 Å². The molecule has 2 N–H and O–H groups in total. The van der Waals surface area contributed by atoms with Crippen molar-refractivity contribution in [3.8, 4) is 0 Å². The minimum absolute atomic E-state index is 0. The van der Waals surface area contributed by atoms with Gasteiger partial charge in [0.15, 0.2) is 5.96 Å². The van der Waals surface area contributed by atoms with Crippen molar-refractivity contribution in [2.45, 2.75) is 52.0 Å². The lowest BCUT2D eigenvalue weighted by molar-refractivity contribution is 0.105. The summed E-state index contributed by atoms with van der Waals surface area (Å²) in [4.78, 5) is 8.86. The third-order valence-electron chi connectivity index (χ3n) is 5.90. The van der Waals surface area contributed by atoms with Gasteiger partial charge in [-0.2, -0.15) is 0 Å². The lowest BCUT2D eigenvalue weighted by Gasteiger charge is -2.30. The van der Waals surface area contributed by atoms with Gasteiger partial charge in [-0.15, -0.1) is 24.0 Å². The maximum Gasteiger partial charge on any atom is 0.190 e. The largest absolute Gasteiger partial charge is 0.382 e. The number of rotatable bonds is 10. The van der Waals surface area contributed by atoms with Gasteiger partial charge in [0, 0.05) is 39.9 Å². The Balaban J connectivity index is 0.00000300. The van der Waals surface area contributed by atoms with Gasteiger partial charge in [0.2, 0.25) is 0 Å². The minimum atomic E-state index is 0. The van der Waals surface area contributed by atoms with Gasteiger partial charge in [0.25, 0.3) is 0 Å². The lowest BCUT2D eigenvalue weighted by atomic mass is 9.83. The Hall–Kier alpha value is -1.35. The van der Waals surface area contributed by atoms with Crippen LogP contribution in [0.4, 0.5) is 0 Å². The average molecular weight is 513 g/mol. The molecule has 3 rings (SSSR count). The molecule has 2 aromatic rings. The Labute approximate surface area is 191 Å². The van der Waals surface area contributed by atoms with Crippen molar-refractivity contribution < 1.29 is 4.74 Å². The van der Waals surface area contributed by atoms with E-state index < -0.39 is 0 Å². The summed E-state index contributed by atoms with van der Waals surface area (Å²) in [5, 5.41) is 7.03. The van der Waals surface area contributed by atoms with Crippen LogP contribution >= 0.6 is 24.0 Å². The van der Waals surface area contributed by atoms with Crippen LogP contribution in [0.25, 0.3) is 11.0 Å². The van der Waals surface area contributed by atoms with Crippen molar-refractivity contribution in [1.29, 1.82) is 0 Å². The van der Waals surface area contributed by atoms with Gasteiger partial charge in [0.1, 0.15) is 0 Å². The number of guanidine groups is 1. The number of fused-ring (bicyclic) bond motifs is 1. The third-order valence-corrected chi connectivity index (χ3v) is 5.90. The molecule has 0 unspecified atom stereocenters. The van der Waals surface area contributed by atoms with Crippen molar-refractivity contribution in [3.63, 3.8) is 0 Å². The number of hydrogen-bond donors (Lipinski definition) is 2. The van der Waals surface area contributed by atoms with Crippen LogP contribution in [-0.2, 0) is 11.3 Å². The zero-order chi connectivity index (χ0) is 19.7. The molecular formula is C22H36IN5O. The molecule has 1 aromatic heterocycles. The first-order valence-electron chi connectivity index (χ1n) is 10.7. The number of nitrogens with zero attached hydrogens (tertiary/aromatic N) is 3. The Kier molecular flexibility index (Phi) is 10.2. The number of para-hydroxylation sites is 2. The fourth-order valence-electron chi connectivity index (χ4n) is 4.21. The van der Waals surface area contributed by atoms with E-state index in [4.69, 9.17) is 4.74 Å². The minimum Gasteiger partial charge on any atom is -0.382 e. The molecule has 1 fully saturated rings. The molecule has 0 spiro atoms. The maximum atomic E-state index is 5.62. The summed E-state index contributed by atoms with van der Waals surface area (Å²) in [5.41, 5.74) is 2.62. The number of aromatic nitrogens is 2. The molecule has 1 saturated carbocycles. The monoisotopic (exact) mass is 513 g/mol. The number of halogens is 1. The highest BCUT2D eigenvalue weighted by atomic mass is 127. The van der Waals surface area contributed by atoms with E-state index in [1.807, 2.05) is 19.4 Å². The summed E-state index contributed by atoms with van der Waals surface area (Å²) >= 11 is 0. The first kappa shape index (κ1) is 23.9.